The van der Waals surface area contributed by atoms with E-state index in [4.69, 9.17) is 11.6 Å². The van der Waals surface area contributed by atoms with Crippen LogP contribution in [0, 0.1) is 5.92 Å². The first kappa shape index (κ1) is 23.7. The SMILES string of the molecule is O=C1CC(c2ccccc2)N(SI)[C@H]2CC(c3ccccc3)N(Sc3cccc(Cl)c3)C[C@@H]12. The summed E-state index contributed by atoms with van der Waals surface area (Å²) in [6, 6.07) is 29.7. The van der Waals surface area contributed by atoms with Crippen LogP contribution in [0.1, 0.15) is 36.1 Å². The third kappa shape index (κ3) is 5.16. The van der Waals surface area contributed by atoms with Crippen molar-refractivity contribution in [2.24, 2.45) is 5.92 Å². The van der Waals surface area contributed by atoms with Gasteiger partial charge in [-0.15, -0.1) is 0 Å². The van der Waals surface area contributed by atoms with Crippen molar-refractivity contribution in [1.29, 1.82) is 0 Å². The number of ketones is 1. The molecule has 2 unspecified atom stereocenters. The first-order chi connectivity index (χ1) is 16.1. The first-order valence-corrected chi connectivity index (χ1v) is 15.5. The van der Waals surface area contributed by atoms with Crippen LogP contribution >= 0.6 is 53.9 Å². The number of benzene rings is 3. The molecule has 170 valence electrons. The molecule has 5 rings (SSSR count). The second-order valence-electron chi connectivity index (χ2n) is 8.51. The molecular weight excluding hydrogens is 583 g/mol. The van der Waals surface area contributed by atoms with E-state index < -0.39 is 0 Å². The van der Waals surface area contributed by atoms with Gasteiger partial charge in [0.05, 0.1) is 6.04 Å². The molecule has 0 saturated carbocycles. The van der Waals surface area contributed by atoms with E-state index in [1.165, 1.54) is 11.1 Å². The molecule has 33 heavy (non-hydrogen) atoms. The van der Waals surface area contributed by atoms with Crippen molar-refractivity contribution >= 4 is 59.7 Å². The molecule has 0 aliphatic carbocycles. The summed E-state index contributed by atoms with van der Waals surface area (Å²) in [7, 11) is 1.75. The molecule has 2 heterocycles. The van der Waals surface area contributed by atoms with Crippen molar-refractivity contribution in [2.45, 2.75) is 35.9 Å². The summed E-state index contributed by atoms with van der Waals surface area (Å²) in [4.78, 5) is 14.6. The number of hydrogen-bond donors (Lipinski definition) is 0. The highest BCUT2D eigenvalue weighted by Crippen LogP contribution is 2.50. The number of piperidine rings is 2. The third-order valence-corrected chi connectivity index (χ3v) is 9.95. The fourth-order valence-electron chi connectivity index (χ4n) is 4.99. The van der Waals surface area contributed by atoms with E-state index in [1.807, 2.05) is 24.3 Å². The summed E-state index contributed by atoms with van der Waals surface area (Å²) in [6.45, 7) is 0.732. The Morgan fingerprint density at radius 2 is 1.55 bits per heavy atom. The predicted octanol–water partition coefficient (Wildman–Crippen LogP) is 7.79. The Bertz CT molecular complexity index is 1100. The van der Waals surface area contributed by atoms with Crippen LogP contribution in [0.15, 0.2) is 89.8 Å². The lowest BCUT2D eigenvalue weighted by molar-refractivity contribution is -0.131. The van der Waals surface area contributed by atoms with Gasteiger partial charge in [0.2, 0.25) is 0 Å². The Kier molecular flexibility index (Phi) is 7.69. The van der Waals surface area contributed by atoms with E-state index in [9.17, 15) is 4.79 Å². The van der Waals surface area contributed by atoms with Gasteiger partial charge in [-0.2, -0.15) is 0 Å². The average molecular weight is 607 g/mol. The molecule has 3 nitrogen and oxygen atoms in total. The maximum absolute atomic E-state index is 13.5. The highest BCUT2D eigenvalue weighted by molar-refractivity contribution is 14.2. The fraction of sp³-hybridized carbons (Fsp3) is 0.269. The fourth-order valence-corrected chi connectivity index (χ4v) is 8.73. The number of fused-ring (bicyclic) bond motifs is 1. The van der Waals surface area contributed by atoms with Gasteiger partial charge >= 0.3 is 0 Å². The van der Waals surface area contributed by atoms with Crippen LogP contribution in [-0.4, -0.2) is 27.0 Å². The van der Waals surface area contributed by atoms with Crippen molar-refractivity contribution in [3.05, 3.63) is 101 Å². The zero-order valence-corrected chi connectivity index (χ0v) is 22.4. The van der Waals surface area contributed by atoms with Crippen LogP contribution < -0.4 is 0 Å². The van der Waals surface area contributed by atoms with E-state index >= 15 is 0 Å². The maximum Gasteiger partial charge on any atom is 0.140 e. The maximum atomic E-state index is 13.5. The minimum atomic E-state index is -0.00104. The molecule has 2 fully saturated rings. The van der Waals surface area contributed by atoms with Crippen LogP contribution in [-0.2, 0) is 4.79 Å². The lowest BCUT2D eigenvalue weighted by Crippen LogP contribution is -2.55. The summed E-state index contributed by atoms with van der Waals surface area (Å²) in [5, 5.41) is 0.734. The number of rotatable bonds is 5. The van der Waals surface area contributed by atoms with Crippen molar-refractivity contribution in [2.75, 3.05) is 6.54 Å². The summed E-state index contributed by atoms with van der Waals surface area (Å²) in [5.74, 6) is 0.373. The molecule has 2 aliphatic heterocycles. The Balaban J connectivity index is 1.48. The minimum Gasteiger partial charge on any atom is -0.299 e. The molecule has 3 aromatic carbocycles. The van der Waals surface area contributed by atoms with E-state index in [-0.39, 0.29) is 24.0 Å². The Hall–Kier alpha value is -1.03. The number of Topliss-reactive ketones (excluding diaryl/α,β-unsaturated/α-hetero) is 1. The van der Waals surface area contributed by atoms with Crippen LogP contribution in [0.4, 0.5) is 0 Å². The zero-order chi connectivity index (χ0) is 22.8. The topological polar surface area (TPSA) is 23.6 Å². The van der Waals surface area contributed by atoms with E-state index in [1.54, 1.807) is 21.1 Å². The molecule has 2 aliphatic rings. The van der Waals surface area contributed by atoms with E-state index in [2.05, 4.69) is 90.5 Å². The van der Waals surface area contributed by atoms with Gasteiger partial charge in [-0.1, -0.05) is 78.3 Å². The molecule has 4 atom stereocenters. The normalized spacial score (nSPS) is 26.2. The highest BCUT2D eigenvalue weighted by Gasteiger charge is 2.48. The van der Waals surface area contributed by atoms with Crippen LogP contribution in [0.3, 0.4) is 0 Å². The standard InChI is InChI=1S/C26H24ClIN2OS2/c27-20-12-7-13-21(14-20)32-29-17-22-25(15-23(29)18-8-3-1-4-9-18)30(33-28)24(16-26(22)31)19-10-5-2-6-11-19/h1-14,22-25H,15-17H2/t22-,23?,24?,25+/m1/s1. The molecule has 0 amide bonds. The molecule has 2 saturated heterocycles. The smallest absolute Gasteiger partial charge is 0.140 e. The number of carbonyl (C=O) groups excluding carboxylic acids is 1. The molecule has 0 radical (unpaired) electrons. The molecular formula is C26H24ClIN2OS2. The average Bonchev–Trinajstić information content (AvgIpc) is 2.85. The lowest BCUT2D eigenvalue weighted by Gasteiger charge is -2.51. The van der Waals surface area contributed by atoms with Crippen LogP contribution in [0.2, 0.25) is 5.02 Å². The number of halogens is 2. The zero-order valence-electron chi connectivity index (χ0n) is 17.9. The molecule has 0 N–H and O–H groups in total. The largest absolute Gasteiger partial charge is 0.299 e. The van der Waals surface area contributed by atoms with E-state index in [0.29, 0.717) is 12.2 Å². The van der Waals surface area contributed by atoms with Gasteiger partial charge < -0.3 is 0 Å². The van der Waals surface area contributed by atoms with Gasteiger partial charge in [-0.3, -0.25) is 4.79 Å². The minimum absolute atomic E-state index is 0.00104. The van der Waals surface area contributed by atoms with E-state index in [0.717, 1.165) is 22.9 Å². The molecule has 0 bridgehead atoms. The van der Waals surface area contributed by atoms with Gasteiger partial charge in [-0.25, -0.2) is 8.61 Å². The summed E-state index contributed by atoms with van der Waals surface area (Å²) < 4.78 is 4.89. The first-order valence-electron chi connectivity index (χ1n) is 11.0. The number of carbonyl (C=O) groups is 1. The second-order valence-corrected chi connectivity index (χ2v) is 11.8. The second kappa shape index (κ2) is 10.7. The summed E-state index contributed by atoms with van der Waals surface area (Å²) >= 11 is 10.4. The summed E-state index contributed by atoms with van der Waals surface area (Å²) in [6.07, 6.45) is 1.47. The number of hydrogen-bond acceptors (Lipinski definition) is 5. The Labute approximate surface area is 221 Å². The third-order valence-electron chi connectivity index (χ3n) is 6.56. The van der Waals surface area contributed by atoms with Crippen molar-refractivity contribution < 1.29 is 4.79 Å². The van der Waals surface area contributed by atoms with Gasteiger partial charge in [0, 0.05) is 62.1 Å². The molecule has 3 aromatic rings. The quantitative estimate of drug-likeness (QED) is 0.218. The van der Waals surface area contributed by atoms with Crippen LogP contribution in [0.5, 0.6) is 0 Å². The monoisotopic (exact) mass is 606 g/mol. The lowest BCUT2D eigenvalue weighted by atomic mass is 9.77. The molecule has 0 aromatic heterocycles. The van der Waals surface area contributed by atoms with Gasteiger partial charge in [0.15, 0.2) is 0 Å². The Morgan fingerprint density at radius 3 is 2.18 bits per heavy atom. The van der Waals surface area contributed by atoms with Gasteiger partial charge in [0.25, 0.3) is 0 Å². The molecule has 0 spiro atoms. The summed E-state index contributed by atoms with van der Waals surface area (Å²) in [5.41, 5.74) is 2.51. The van der Waals surface area contributed by atoms with Crippen molar-refractivity contribution in [1.82, 2.24) is 8.61 Å². The van der Waals surface area contributed by atoms with Crippen molar-refractivity contribution in [3.8, 4) is 0 Å². The predicted molar refractivity (Wildman–Crippen MR) is 147 cm³/mol. The van der Waals surface area contributed by atoms with Gasteiger partial charge in [-0.05, 0) is 56.8 Å². The molecule has 7 heteroatoms. The highest BCUT2D eigenvalue weighted by atomic mass is 127. The van der Waals surface area contributed by atoms with Crippen molar-refractivity contribution in [3.63, 3.8) is 0 Å². The van der Waals surface area contributed by atoms with Gasteiger partial charge in [0.1, 0.15) is 5.78 Å². The Morgan fingerprint density at radius 1 is 0.879 bits per heavy atom. The van der Waals surface area contributed by atoms with Crippen LogP contribution in [0.25, 0.3) is 0 Å². The number of nitrogens with zero attached hydrogens (tertiary/aromatic N) is 2.